The number of nitrogens with one attached hydrogen (secondary N) is 1. The number of halogens is 2. The first kappa shape index (κ1) is 21.3. The molecule has 0 unspecified atom stereocenters. The summed E-state index contributed by atoms with van der Waals surface area (Å²) in [6.07, 6.45) is 0. The molecule has 33 heavy (non-hydrogen) atoms. The van der Waals surface area contributed by atoms with Crippen LogP contribution in [0.2, 0.25) is 5.02 Å². The number of carbonyl (C=O) groups is 1. The largest absolute Gasteiger partial charge is 0.477 e. The molecule has 1 aliphatic heterocycles. The maximum atomic E-state index is 13.5. The average Bonchev–Trinajstić information content (AvgIpc) is 3.38. The summed E-state index contributed by atoms with van der Waals surface area (Å²) in [6, 6.07) is 17.4. The molecule has 8 heteroatoms. The molecule has 0 fully saturated rings. The maximum Gasteiger partial charge on any atom is 0.352 e. The van der Waals surface area contributed by atoms with Crippen molar-refractivity contribution in [2.45, 2.75) is 19.6 Å². The van der Waals surface area contributed by atoms with Crippen LogP contribution in [0.4, 0.5) is 4.39 Å². The highest BCUT2D eigenvalue weighted by Crippen LogP contribution is 2.33. The van der Waals surface area contributed by atoms with Crippen LogP contribution in [0, 0.1) is 5.82 Å². The molecule has 0 aliphatic carbocycles. The van der Waals surface area contributed by atoms with Crippen molar-refractivity contribution in [1.82, 2.24) is 9.88 Å². The van der Waals surface area contributed by atoms with Crippen LogP contribution in [0.3, 0.4) is 0 Å². The van der Waals surface area contributed by atoms with Gasteiger partial charge in [0.1, 0.15) is 11.5 Å². The molecule has 5 rings (SSSR count). The van der Waals surface area contributed by atoms with Gasteiger partial charge in [-0.1, -0.05) is 41.9 Å². The first-order valence-corrected chi connectivity index (χ1v) is 10.8. The van der Waals surface area contributed by atoms with Crippen molar-refractivity contribution < 1.29 is 23.8 Å². The molecule has 168 valence electrons. The lowest BCUT2D eigenvalue weighted by Gasteiger charge is -2.11. The van der Waals surface area contributed by atoms with E-state index in [1.807, 2.05) is 42.5 Å². The van der Waals surface area contributed by atoms with Gasteiger partial charge in [-0.25, -0.2) is 9.18 Å². The van der Waals surface area contributed by atoms with Crippen molar-refractivity contribution >= 4 is 28.5 Å². The van der Waals surface area contributed by atoms with Crippen LogP contribution in [0.15, 0.2) is 60.7 Å². The van der Waals surface area contributed by atoms with Crippen LogP contribution < -0.4 is 14.8 Å². The van der Waals surface area contributed by atoms with E-state index in [9.17, 15) is 14.3 Å². The summed E-state index contributed by atoms with van der Waals surface area (Å²) in [4.78, 5) is 12.3. The number of nitrogens with zero attached hydrogens (tertiary/aromatic N) is 1. The Morgan fingerprint density at radius 2 is 1.88 bits per heavy atom. The highest BCUT2D eigenvalue weighted by Gasteiger charge is 2.23. The third kappa shape index (κ3) is 4.13. The van der Waals surface area contributed by atoms with Crippen LogP contribution >= 0.6 is 11.6 Å². The second-order valence-corrected chi connectivity index (χ2v) is 8.17. The molecule has 0 saturated carbocycles. The zero-order valence-electron chi connectivity index (χ0n) is 17.5. The van der Waals surface area contributed by atoms with E-state index in [0.29, 0.717) is 30.0 Å². The number of carboxylic acid groups (broad SMARTS) is 1. The Morgan fingerprint density at radius 3 is 2.70 bits per heavy atom. The van der Waals surface area contributed by atoms with Crippen molar-refractivity contribution in [3.8, 4) is 11.5 Å². The number of fused-ring (bicyclic) bond motifs is 2. The molecule has 1 aliphatic rings. The maximum absolute atomic E-state index is 13.5. The molecular formula is C25H20ClFN2O4. The minimum atomic E-state index is -1.04. The first-order valence-electron chi connectivity index (χ1n) is 10.4. The summed E-state index contributed by atoms with van der Waals surface area (Å²) in [5.74, 6) is -0.0555. The SMILES string of the molecule is O=C(O)c1c(CNCc2ccc3c(c2)OCO3)c2ccccc2n1Cc1ccc(F)cc1Cl. The number of aromatic nitrogens is 1. The fourth-order valence-corrected chi connectivity index (χ4v) is 4.39. The fraction of sp³-hybridized carbons (Fsp3) is 0.160. The third-order valence-electron chi connectivity index (χ3n) is 5.69. The number of benzene rings is 3. The van der Waals surface area contributed by atoms with E-state index < -0.39 is 11.8 Å². The van der Waals surface area contributed by atoms with E-state index in [2.05, 4.69) is 5.32 Å². The van der Waals surface area contributed by atoms with Gasteiger partial charge >= 0.3 is 5.97 Å². The lowest BCUT2D eigenvalue weighted by molar-refractivity contribution is 0.0684. The Labute approximate surface area is 194 Å². The van der Waals surface area contributed by atoms with Crippen molar-refractivity contribution in [3.05, 3.63) is 93.9 Å². The van der Waals surface area contributed by atoms with Gasteiger partial charge in [0.15, 0.2) is 11.5 Å². The second-order valence-electron chi connectivity index (χ2n) is 7.76. The zero-order valence-corrected chi connectivity index (χ0v) is 18.2. The Hall–Kier alpha value is -3.55. The highest BCUT2D eigenvalue weighted by molar-refractivity contribution is 6.31. The summed E-state index contributed by atoms with van der Waals surface area (Å²) in [7, 11) is 0. The predicted octanol–water partition coefficient (Wildman–Crippen LogP) is 5.20. The van der Waals surface area contributed by atoms with Gasteiger partial charge in [0.2, 0.25) is 6.79 Å². The fourth-order valence-electron chi connectivity index (χ4n) is 4.17. The van der Waals surface area contributed by atoms with Gasteiger partial charge in [0, 0.05) is 41.1 Å². The van der Waals surface area contributed by atoms with Gasteiger partial charge in [-0.05, 0) is 41.5 Å². The van der Waals surface area contributed by atoms with Crippen molar-refractivity contribution in [2.75, 3.05) is 6.79 Å². The molecule has 3 aromatic carbocycles. The molecule has 0 amide bonds. The smallest absolute Gasteiger partial charge is 0.352 e. The van der Waals surface area contributed by atoms with E-state index in [4.69, 9.17) is 21.1 Å². The number of rotatable bonds is 7. The third-order valence-corrected chi connectivity index (χ3v) is 6.04. The minimum absolute atomic E-state index is 0.176. The number of carboxylic acids is 1. The number of ether oxygens (including phenoxy) is 2. The quantitative estimate of drug-likeness (QED) is 0.391. The lowest BCUT2D eigenvalue weighted by atomic mass is 10.1. The van der Waals surface area contributed by atoms with Crippen LogP contribution in [-0.2, 0) is 19.6 Å². The second kappa shape index (κ2) is 8.77. The van der Waals surface area contributed by atoms with Gasteiger partial charge in [0.25, 0.3) is 0 Å². The van der Waals surface area contributed by atoms with E-state index in [0.717, 1.165) is 22.2 Å². The Bertz CT molecular complexity index is 1370. The Balaban J connectivity index is 1.46. The summed E-state index contributed by atoms with van der Waals surface area (Å²) >= 11 is 6.23. The number of hydrogen-bond donors (Lipinski definition) is 2. The summed E-state index contributed by atoms with van der Waals surface area (Å²) in [6.45, 7) is 1.30. The molecule has 0 radical (unpaired) electrons. The van der Waals surface area contributed by atoms with E-state index in [1.54, 1.807) is 10.6 Å². The van der Waals surface area contributed by atoms with E-state index in [1.165, 1.54) is 12.1 Å². The Morgan fingerprint density at radius 1 is 1.06 bits per heavy atom. The van der Waals surface area contributed by atoms with Gasteiger partial charge in [-0.2, -0.15) is 0 Å². The molecule has 0 bridgehead atoms. The molecule has 1 aromatic heterocycles. The Kier molecular flexibility index (Phi) is 5.66. The molecule has 0 saturated heterocycles. The normalized spacial score (nSPS) is 12.4. The summed E-state index contributed by atoms with van der Waals surface area (Å²) in [5.41, 5.74) is 3.26. The molecule has 6 nitrogen and oxygen atoms in total. The van der Waals surface area contributed by atoms with Crippen LogP contribution in [0.1, 0.15) is 27.2 Å². The van der Waals surface area contributed by atoms with Gasteiger partial charge in [-0.15, -0.1) is 0 Å². The van der Waals surface area contributed by atoms with Gasteiger partial charge in [0.05, 0.1) is 0 Å². The topological polar surface area (TPSA) is 72.7 Å². The summed E-state index contributed by atoms with van der Waals surface area (Å²) in [5, 5.41) is 14.5. The number of para-hydroxylation sites is 1. The van der Waals surface area contributed by atoms with Gasteiger partial charge in [-0.3, -0.25) is 0 Å². The highest BCUT2D eigenvalue weighted by atomic mass is 35.5. The molecule has 0 spiro atoms. The lowest BCUT2D eigenvalue weighted by Crippen LogP contribution is -2.17. The van der Waals surface area contributed by atoms with Crippen LogP contribution in [-0.4, -0.2) is 22.4 Å². The molecular weight excluding hydrogens is 447 g/mol. The van der Waals surface area contributed by atoms with Crippen molar-refractivity contribution in [3.63, 3.8) is 0 Å². The minimum Gasteiger partial charge on any atom is -0.477 e. The predicted molar refractivity (Wildman–Crippen MR) is 123 cm³/mol. The van der Waals surface area contributed by atoms with E-state index in [-0.39, 0.29) is 24.1 Å². The number of hydrogen-bond acceptors (Lipinski definition) is 4. The van der Waals surface area contributed by atoms with Crippen LogP contribution in [0.25, 0.3) is 10.9 Å². The molecule has 2 heterocycles. The monoisotopic (exact) mass is 466 g/mol. The van der Waals surface area contributed by atoms with E-state index >= 15 is 0 Å². The average molecular weight is 467 g/mol. The first-order chi connectivity index (χ1) is 16.0. The molecule has 4 aromatic rings. The van der Waals surface area contributed by atoms with Gasteiger partial charge < -0.3 is 24.5 Å². The molecule has 2 N–H and O–H groups in total. The molecule has 0 atom stereocenters. The van der Waals surface area contributed by atoms with Crippen molar-refractivity contribution in [1.29, 1.82) is 0 Å². The zero-order chi connectivity index (χ0) is 22.9. The summed E-state index contributed by atoms with van der Waals surface area (Å²) < 4.78 is 26.0. The van der Waals surface area contributed by atoms with Crippen LogP contribution in [0.5, 0.6) is 11.5 Å². The number of aromatic carboxylic acids is 1. The standard InChI is InChI=1S/C25H20ClFN2O4/c26-20-10-17(27)7-6-16(20)13-29-21-4-2-1-3-18(21)19(24(29)25(30)31)12-28-11-15-5-8-22-23(9-15)33-14-32-22/h1-10,28H,11-14H2,(H,30,31). The van der Waals surface area contributed by atoms with Crippen molar-refractivity contribution in [2.24, 2.45) is 0 Å².